The summed E-state index contributed by atoms with van der Waals surface area (Å²) < 4.78 is 4.68. The zero-order chi connectivity index (χ0) is 15.0. The maximum Gasteiger partial charge on any atom is 0.308 e. The van der Waals surface area contributed by atoms with Crippen molar-refractivity contribution in [3.05, 3.63) is 22.2 Å². The van der Waals surface area contributed by atoms with Crippen LogP contribution in [-0.4, -0.2) is 35.0 Å². The Bertz CT molecular complexity index is 599. The molecule has 0 aliphatic heterocycles. The van der Waals surface area contributed by atoms with Crippen LogP contribution in [0.1, 0.15) is 41.0 Å². The fraction of sp³-hybridized carbons (Fsp3) is 0.571. The van der Waals surface area contributed by atoms with E-state index in [1.165, 1.54) is 7.11 Å². The van der Waals surface area contributed by atoms with Gasteiger partial charge >= 0.3 is 5.97 Å². The molecule has 0 atom stereocenters. The Morgan fingerprint density at radius 1 is 1.29 bits per heavy atom. The number of hydrogen-bond acceptors (Lipinski definition) is 5. The number of fused-ring (bicyclic) bond motifs is 1. The molecule has 1 fully saturated rings. The minimum Gasteiger partial charge on any atom is -0.469 e. The molecule has 6 nitrogen and oxygen atoms in total. The number of carbonyl (C=O) groups excluding carboxylic acids is 2. The summed E-state index contributed by atoms with van der Waals surface area (Å²) in [5.41, 5.74) is 2.16. The first-order valence-electron chi connectivity index (χ1n) is 7.02. The Hall–Kier alpha value is -1.69. The molecule has 0 spiro atoms. The third-order valence-electron chi connectivity index (χ3n) is 4.13. The van der Waals surface area contributed by atoms with Crippen LogP contribution in [0.4, 0.5) is 0 Å². The maximum absolute atomic E-state index is 12.3. The number of halogens is 1. The molecule has 21 heavy (non-hydrogen) atoms. The fourth-order valence-electron chi connectivity index (χ4n) is 2.94. The number of aryl methyl sites for hydroxylation is 1. The molecule has 1 amide bonds. The topological polar surface area (TPSA) is 81.2 Å². The number of ether oxygens (including phenoxy) is 1. The van der Waals surface area contributed by atoms with Gasteiger partial charge in [-0.3, -0.25) is 9.59 Å². The minimum atomic E-state index is -0.231. The van der Waals surface area contributed by atoms with Crippen LogP contribution in [-0.2, 0) is 22.4 Å². The third-order valence-corrected chi connectivity index (χ3v) is 4.30. The summed E-state index contributed by atoms with van der Waals surface area (Å²) >= 11 is 5.88. The number of hydrogen-bond donors (Lipinski definition) is 1. The van der Waals surface area contributed by atoms with Gasteiger partial charge in [0.2, 0.25) is 5.28 Å². The van der Waals surface area contributed by atoms with Crippen molar-refractivity contribution < 1.29 is 14.3 Å². The maximum atomic E-state index is 12.3. The van der Waals surface area contributed by atoms with Crippen LogP contribution in [0.25, 0.3) is 0 Å². The molecule has 0 bridgehead atoms. The van der Waals surface area contributed by atoms with Crippen LogP contribution in [0.2, 0.25) is 5.28 Å². The predicted octanol–water partition coefficient (Wildman–Crippen LogP) is 1.30. The fourth-order valence-corrected chi connectivity index (χ4v) is 3.13. The molecule has 112 valence electrons. The van der Waals surface area contributed by atoms with Crippen molar-refractivity contribution in [3.8, 4) is 0 Å². The molecule has 0 radical (unpaired) electrons. The van der Waals surface area contributed by atoms with Gasteiger partial charge in [0.15, 0.2) is 0 Å². The molecule has 7 heteroatoms. The molecular weight excluding hydrogens is 294 g/mol. The number of carbonyl (C=O) groups is 2. The summed E-state index contributed by atoms with van der Waals surface area (Å²) in [6, 6.07) is -0.00704. The van der Waals surface area contributed by atoms with Crippen molar-refractivity contribution in [1.82, 2.24) is 15.3 Å². The summed E-state index contributed by atoms with van der Waals surface area (Å²) in [7, 11) is 1.38. The van der Waals surface area contributed by atoms with Gasteiger partial charge in [0.1, 0.15) is 5.69 Å². The summed E-state index contributed by atoms with van der Waals surface area (Å²) in [4.78, 5) is 31.9. The average molecular weight is 310 g/mol. The van der Waals surface area contributed by atoms with Crippen molar-refractivity contribution in [2.45, 2.75) is 38.1 Å². The van der Waals surface area contributed by atoms with Crippen LogP contribution >= 0.6 is 11.6 Å². The second-order valence-corrected chi connectivity index (χ2v) is 5.82. The lowest BCUT2D eigenvalue weighted by Gasteiger charge is -2.33. The van der Waals surface area contributed by atoms with Gasteiger partial charge in [-0.15, -0.1) is 0 Å². The van der Waals surface area contributed by atoms with E-state index in [4.69, 9.17) is 11.6 Å². The number of amides is 1. The zero-order valence-electron chi connectivity index (χ0n) is 11.7. The van der Waals surface area contributed by atoms with Crippen LogP contribution < -0.4 is 5.32 Å². The van der Waals surface area contributed by atoms with E-state index in [0.29, 0.717) is 18.5 Å². The Balaban J connectivity index is 1.66. The Labute approximate surface area is 127 Å². The average Bonchev–Trinajstić information content (AvgIpc) is 2.88. The van der Waals surface area contributed by atoms with Gasteiger partial charge in [-0.05, 0) is 43.7 Å². The number of nitrogens with zero attached hydrogens (tertiary/aromatic N) is 2. The quantitative estimate of drug-likeness (QED) is 0.672. The van der Waals surface area contributed by atoms with Gasteiger partial charge in [0.25, 0.3) is 5.91 Å². The molecule has 0 unspecified atom stereocenters. The van der Waals surface area contributed by atoms with Gasteiger partial charge in [0, 0.05) is 17.3 Å². The van der Waals surface area contributed by atoms with E-state index < -0.39 is 0 Å². The number of rotatable bonds is 3. The molecule has 2 aliphatic carbocycles. The van der Waals surface area contributed by atoms with Crippen molar-refractivity contribution in [2.24, 2.45) is 5.92 Å². The van der Waals surface area contributed by atoms with E-state index in [-0.39, 0.29) is 29.1 Å². The lowest BCUT2D eigenvalue weighted by atomic mass is 9.80. The lowest BCUT2D eigenvalue weighted by molar-refractivity contribution is -0.149. The van der Waals surface area contributed by atoms with Gasteiger partial charge in [-0.1, -0.05) is 0 Å². The standard InChI is InChI=1S/C14H16ClN3O3/c1-21-13(20)7-5-8(6-7)16-12(19)11-9-3-2-4-10(9)17-14(15)18-11/h7-8H,2-6H2,1H3,(H,16,19)/t7-,8-. The SMILES string of the molecule is COC(=O)[C@H]1C[C@H](NC(=O)c2nc(Cl)nc3c2CCC3)C1. The highest BCUT2D eigenvalue weighted by atomic mass is 35.5. The number of methoxy groups -OCH3 is 1. The van der Waals surface area contributed by atoms with Crippen molar-refractivity contribution >= 4 is 23.5 Å². The Morgan fingerprint density at radius 2 is 2.05 bits per heavy atom. The molecular formula is C14H16ClN3O3. The smallest absolute Gasteiger partial charge is 0.308 e. The molecule has 1 heterocycles. The summed E-state index contributed by atoms with van der Waals surface area (Å²) in [5, 5.41) is 3.02. The molecule has 1 saturated carbocycles. The molecule has 1 aromatic rings. The Kier molecular flexibility index (Phi) is 3.80. The van der Waals surface area contributed by atoms with E-state index in [9.17, 15) is 9.59 Å². The van der Waals surface area contributed by atoms with Crippen LogP contribution in [0.3, 0.4) is 0 Å². The first-order chi connectivity index (χ1) is 10.1. The first-order valence-corrected chi connectivity index (χ1v) is 7.40. The number of aromatic nitrogens is 2. The molecule has 0 saturated heterocycles. The van der Waals surface area contributed by atoms with Gasteiger partial charge < -0.3 is 10.1 Å². The zero-order valence-corrected chi connectivity index (χ0v) is 12.4. The van der Waals surface area contributed by atoms with E-state index in [1.807, 2.05) is 0 Å². The second kappa shape index (κ2) is 5.60. The first kappa shape index (κ1) is 14.3. The molecule has 1 N–H and O–H groups in total. The van der Waals surface area contributed by atoms with Crippen molar-refractivity contribution in [2.75, 3.05) is 7.11 Å². The predicted molar refractivity (Wildman–Crippen MR) is 75.1 cm³/mol. The number of esters is 1. The third kappa shape index (κ3) is 2.72. The van der Waals surface area contributed by atoms with E-state index in [2.05, 4.69) is 20.0 Å². The molecule has 1 aromatic heterocycles. The largest absolute Gasteiger partial charge is 0.469 e. The van der Waals surface area contributed by atoms with Gasteiger partial charge in [-0.2, -0.15) is 0 Å². The highest BCUT2D eigenvalue weighted by molar-refractivity contribution is 6.28. The minimum absolute atomic E-state index is 0.00704. The molecule has 3 rings (SSSR count). The number of nitrogens with one attached hydrogen (secondary N) is 1. The van der Waals surface area contributed by atoms with Crippen molar-refractivity contribution in [3.63, 3.8) is 0 Å². The summed E-state index contributed by atoms with van der Waals surface area (Å²) in [6.07, 6.45) is 3.84. The van der Waals surface area contributed by atoms with Crippen LogP contribution in [0.15, 0.2) is 0 Å². The van der Waals surface area contributed by atoms with E-state index in [1.54, 1.807) is 0 Å². The monoisotopic (exact) mass is 309 g/mol. The normalized spacial score (nSPS) is 23.1. The van der Waals surface area contributed by atoms with Crippen LogP contribution in [0, 0.1) is 5.92 Å². The summed E-state index contributed by atoms with van der Waals surface area (Å²) in [6.45, 7) is 0. The Morgan fingerprint density at radius 3 is 2.76 bits per heavy atom. The lowest BCUT2D eigenvalue weighted by Crippen LogP contribution is -2.47. The van der Waals surface area contributed by atoms with Gasteiger partial charge in [0.05, 0.1) is 13.0 Å². The summed E-state index contributed by atoms with van der Waals surface area (Å²) in [5.74, 6) is -0.558. The van der Waals surface area contributed by atoms with E-state index >= 15 is 0 Å². The highest BCUT2D eigenvalue weighted by Gasteiger charge is 2.37. The second-order valence-electron chi connectivity index (χ2n) is 5.48. The van der Waals surface area contributed by atoms with Crippen LogP contribution in [0.5, 0.6) is 0 Å². The molecule has 0 aromatic carbocycles. The van der Waals surface area contributed by atoms with Gasteiger partial charge in [-0.25, -0.2) is 9.97 Å². The van der Waals surface area contributed by atoms with Crippen molar-refractivity contribution in [1.29, 1.82) is 0 Å². The molecule has 2 aliphatic rings. The van der Waals surface area contributed by atoms with E-state index in [0.717, 1.165) is 30.5 Å². The highest BCUT2D eigenvalue weighted by Crippen LogP contribution is 2.29.